The molecule has 2 aromatic rings. The van der Waals surface area contributed by atoms with Gasteiger partial charge in [0.15, 0.2) is 0 Å². The number of hydrogen-bond acceptors (Lipinski definition) is 7. The van der Waals surface area contributed by atoms with Crippen LogP contribution in [0.3, 0.4) is 0 Å². The molecule has 4 rings (SSSR count). The number of likely N-dealkylation sites (tertiary alicyclic amines) is 2. The van der Waals surface area contributed by atoms with Gasteiger partial charge in [0.2, 0.25) is 5.91 Å². The number of rotatable bonds is 4. The van der Waals surface area contributed by atoms with E-state index >= 15 is 0 Å². The summed E-state index contributed by atoms with van der Waals surface area (Å²) in [6, 6.07) is 1.75. The van der Waals surface area contributed by atoms with Gasteiger partial charge in [0.05, 0.1) is 12.2 Å². The van der Waals surface area contributed by atoms with Gasteiger partial charge in [-0.1, -0.05) is 0 Å². The molecule has 1 N–H and O–H groups in total. The Bertz CT molecular complexity index is 863. The molecule has 4 heterocycles. The van der Waals surface area contributed by atoms with Crippen molar-refractivity contribution < 1.29 is 19.1 Å². The third-order valence-electron chi connectivity index (χ3n) is 5.67. The van der Waals surface area contributed by atoms with Crippen LogP contribution in [0, 0.1) is 25.2 Å². The van der Waals surface area contributed by atoms with Crippen LogP contribution >= 0.6 is 0 Å². The van der Waals surface area contributed by atoms with Crippen LogP contribution in [-0.2, 0) is 11.3 Å². The molecule has 0 saturated carbocycles. The van der Waals surface area contributed by atoms with E-state index < -0.39 is 5.41 Å². The van der Waals surface area contributed by atoms with Crippen molar-refractivity contribution in [3.05, 3.63) is 29.5 Å². The van der Waals surface area contributed by atoms with Gasteiger partial charge in [-0.25, -0.2) is 4.68 Å². The molecule has 2 aliphatic rings. The van der Waals surface area contributed by atoms with E-state index in [2.05, 4.69) is 15.5 Å². The maximum absolute atomic E-state index is 12.9. The van der Waals surface area contributed by atoms with Crippen LogP contribution in [0.1, 0.15) is 21.9 Å². The van der Waals surface area contributed by atoms with Crippen molar-refractivity contribution in [1.29, 1.82) is 0 Å². The Hall–Kier alpha value is -2.75. The van der Waals surface area contributed by atoms with E-state index in [-0.39, 0.29) is 30.9 Å². The minimum Gasteiger partial charge on any atom is -0.466 e. The van der Waals surface area contributed by atoms with Crippen LogP contribution < -0.4 is 0 Å². The highest BCUT2D eigenvalue weighted by molar-refractivity contribution is 5.95. The van der Waals surface area contributed by atoms with Crippen molar-refractivity contribution in [3.63, 3.8) is 0 Å². The molecule has 0 radical (unpaired) electrons. The summed E-state index contributed by atoms with van der Waals surface area (Å²) in [4.78, 5) is 28.9. The number of carbonyl (C=O) groups is 2. The second kappa shape index (κ2) is 6.45. The van der Waals surface area contributed by atoms with Gasteiger partial charge in [-0.05, 0) is 30.3 Å². The number of hydrogen-bond donors (Lipinski definition) is 1. The van der Waals surface area contributed by atoms with E-state index in [0.29, 0.717) is 43.3 Å². The Morgan fingerprint density at radius 1 is 1.30 bits per heavy atom. The van der Waals surface area contributed by atoms with Crippen LogP contribution in [0.15, 0.2) is 16.8 Å². The second-order valence-electron chi connectivity index (χ2n) is 7.51. The number of furan rings is 1. The van der Waals surface area contributed by atoms with Crippen molar-refractivity contribution in [2.75, 3.05) is 32.8 Å². The summed E-state index contributed by atoms with van der Waals surface area (Å²) < 4.78 is 6.85. The van der Waals surface area contributed by atoms with Crippen molar-refractivity contribution in [1.82, 2.24) is 30.0 Å². The van der Waals surface area contributed by atoms with Crippen molar-refractivity contribution in [2.24, 2.45) is 11.3 Å². The zero-order valence-electron chi connectivity index (χ0n) is 15.3. The molecule has 2 aromatic heterocycles. The molecule has 27 heavy (non-hydrogen) atoms. The minimum atomic E-state index is -0.487. The first kappa shape index (κ1) is 17.7. The van der Waals surface area contributed by atoms with Gasteiger partial charge in [0, 0.05) is 37.5 Å². The van der Waals surface area contributed by atoms with Gasteiger partial charge in [-0.15, -0.1) is 5.10 Å². The lowest BCUT2D eigenvalue weighted by molar-refractivity contribution is -0.131. The van der Waals surface area contributed by atoms with Crippen molar-refractivity contribution >= 4 is 11.8 Å². The molecule has 2 atom stereocenters. The molecule has 10 heteroatoms. The zero-order chi connectivity index (χ0) is 19.2. The first-order chi connectivity index (χ1) is 12.9. The summed E-state index contributed by atoms with van der Waals surface area (Å²) in [5.74, 6) is 1.16. The van der Waals surface area contributed by atoms with Crippen molar-refractivity contribution in [3.8, 4) is 0 Å². The third kappa shape index (κ3) is 2.99. The highest BCUT2D eigenvalue weighted by Crippen LogP contribution is 2.42. The lowest BCUT2D eigenvalue weighted by Crippen LogP contribution is -2.41. The molecule has 0 aromatic carbocycles. The number of aliphatic hydroxyl groups is 1. The maximum atomic E-state index is 12.9. The van der Waals surface area contributed by atoms with Crippen LogP contribution in [-0.4, -0.2) is 79.7 Å². The van der Waals surface area contributed by atoms with Gasteiger partial charge < -0.3 is 19.3 Å². The molecule has 2 unspecified atom stereocenters. The standard InChI is InChI=1S/C17H22N6O4/c1-11-3-14(12(2)27-11)16(26)22-5-13-4-21(7-17(13,8-22)9-24)15(25)6-23-10-18-19-20-23/h3,10,13,24H,4-9H2,1-2H3. The summed E-state index contributed by atoms with van der Waals surface area (Å²) in [7, 11) is 0. The van der Waals surface area contributed by atoms with Crippen LogP contribution in [0.25, 0.3) is 0 Å². The number of aliphatic hydroxyl groups excluding tert-OH is 1. The predicted molar refractivity (Wildman–Crippen MR) is 91.5 cm³/mol. The fourth-order valence-electron chi connectivity index (χ4n) is 4.25. The lowest BCUT2D eigenvalue weighted by Gasteiger charge is -2.27. The smallest absolute Gasteiger partial charge is 0.257 e. The Balaban J connectivity index is 1.46. The van der Waals surface area contributed by atoms with E-state index in [1.807, 2.05) is 6.92 Å². The normalized spacial score (nSPS) is 24.5. The molecule has 2 aliphatic heterocycles. The molecule has 10 nitrogen and oxygen atoms in total. The molecule has 0 aliphatic carbocycles. The Morgan fingerprint density at radius 2 is 2.04 bits per heavy atom. The SMILES string of the molecule is Cc1cc(C(=O)N2CC3CN(C(=O)Cn4cnnn4)CC3(CO)C2)c(C)o1. The maximum Gasteiger partial charge on any atom is 0.257 e. The number of amides is 2. The second-order valence-corrected chi connectivity index (χ2v) is 7.51. The minimum absolute atomic E-state index is 0.0394. The molecular formula is C17H22N6O4. The van der Waals surface area contributed by atoms with Gasteiger partial charge in [-0.2, -0.15) is 0 Å². The highest BCUT2D eigenvalue weighted by Gasteiger charge is 2.54. The van der Waals surface area contributed by atoms with Crippen molar-refractivity contribution in [2.45, 2.75) is 20.4 Å². The quantitative estimate of drug-likeness (QED) is 0.765. The lowest BCUT2D eigenvalue weighted by atomic mass is 9.82. The van der Waals surface area contributed by atoms with E-state index in [4.69, 9.17) is 4.42 Å². The first-order valence-electron chi connectivity index (χ1n) is 8.87. The molecule has 2 saturated heterocycles. The topological polar surface area (TPSA) is 118 Å². The Labute approximate surface area is 155 Å². The zero-order valence-corrected chi connectivity index (χ0v) is 15.3. The molecule has 2 fully saturated rings. The van der Waals surface area contributed by atoms with Crippen LogP contribution in [0.2, 0.25) is 0 Å². The van der Waals surface area contributed by atoms with Gasteiger partial charge >= 0.3 is 0 Å². The average molecular weight is 374 g/mol. The number of aromatic nitrogens is 4. The Morgan fingerprint density at radius 3 is 2.63 bits per heavy atom. The predicted octanol–water partition coefficient (Wildman–Crippen LogP) is -0.524. The first-order valence-corrected chi connectivity index (χ1v) is 8.87. The van der Waals surface area contributed by atoms with E-state index in [0.717, 1.165) is 0 Å². The number of nitrogens with zero attached hydrogens (tertiary/aromatic N) is 6. The van der Waals surface area contributed by atoms with E-state index in [9.17, 15) is 14.7 Å². The molecule has 144 valence electrons. The number of tetrazole rings is 1. The van der Waals surface area contributed by atoms with Crippen LogP contribution in [0.4, 0.5) is 0 Å². The molecular weight excluding hydrogens is 352 g/mol. The van der Waals surface area contributed by atoms with E-state index in [1.165, 1.54) is 11.0 Å². The summed E-state index contributed by atoms with van der Waals surface area (Å²) in [5, 5.41) is 20.8. The number of aryl methyl sites for hydroxylation is 2. The third-order valence-corrected chi connectivity index (χ3v) is 5.67. The molecule has 0 spiro atoms. The highest BCUT2D eigenvalue weighted by atomic mass is 16.3. The number of fused-ring (bicyclic) bond motifs is 1. The van der Waals surface area contributed by atoms with Gasteiger partial charge in [-0.3, -0.25) is 9.59 Å². The van der Waals surface area contributed by atoms with E-state index in [1.54, 1.807) is 22.8 Å². The summed E-state index contributed by atoms with van der Waals surface area (Å²) in [5.41, 5.74) is 0.0747. The average Bonchev–Trinajstić information content (AvgIpc) is 3.37. The molecule has 2 amide bonds. The summed E-state index contributed by atoms with van der Waals surface area (Å²) in [6.07, 6.45) is 1.40. The number of carbonyl (C=O) groups excluding carboxylic acids is 2. The summed E-state index contributed by atoms with van der Waals surface area (Å²) >= 11 is 0. The fraction of sp³-hybridized carbons (Fsp3) is 0.588. The fourth-order valence-corrected chi connectivity index (χ4v) is 4.25. The largest absolute Gasteiger partial charge is 0.466 e. The van der Waals surface area contributed by atoms with Gasteiger partial charge in [0.25, 0.3) is 5.91 Å². The van der Waals surface area contributed by atoms with Crippen LogP contribution in [0.5, 0.6) is 0 Å². The summed E-state index contributed by atoms with van der Waals surface area (Å²) in [6.45, 7) is 5.45. The monoisotopic (exact) mass is 374 g/mol. The Kier molecular flexibility index (Phi) is 4.22. The van der Waals surface area contributed by atoms with Gasteiger partial charge in [0.1, 0.15) is 24.4 Å². The molecule has 0 bridgehead atoms.